The van der Waals surface area contributed by atoms with Crippen LogP contribution >= 0.6 is 23.2 Å². The smallest absolute Gasteiger partial charge is 0.268 e. The minimum Gasteiger partial charge on any atom is -0.316 e. The molecule has 3 rings (SSSR count). The van der Waals surface area contributed by atoms with E-state index in [2.05, 4.69) is 5.32 Å². The van der Waals surface area contributed by atoms with Gasteiger partial charge in [0.25, 0.3) is 10.1 Å². The molecule has 2 aromatic carbocycles. The average molecular weight is 386 g/mol. The van der Waals surface area contributed by atoms with Crippen molar-refractivity contribution in [2.24, 2.45) is 5.92 Å². The van der Waals surface area contributed by atoms with Gasteiger partial charge in [-0.2, -0.15) is 8.42 Å². The van der Waals surface area contributed by atoms with Gasteiger partial charge in [-0.05, 0) is 35.4 Å². The third-order valence-electron chi connectivity index (χ3n) is 3.89. The Kier molecular flexibility index (Phi) is 5.47. The molecule has 24 heavy (non-hydrogen) atoms. The SMILES string of the molecule is O=S(=O)(CC1CNC1)OC(c1ccc(Cl)cc1)c1ccc(Cl)cc1. The molecule has 7 heteroatoms. The molecule has 1 saturated heterocycles. The Morgan fingerprint density at radius 2 is 1.42 bits per heavy atom. The predicted molar refractivity (Wildman–Crippen MR) is 96.0 cm³/mol. The summed E-state index contributed by atoms with van der Waals surface area (Å²) in [5.41, 5.74) is 1.44. The van der Waals surface area contributed by atoms with Gasteiger partial charge in [-0.15, -0.1) is 0 Å². The Balaban J connectivity index is 1.89. The van der Waals surface area contributed by atoms with Gasteiger partial charge >= 0.3 is 0 Å². The van der Waals surface area contributed by atoms with Gasteiger partial charge in [-0.3, -0.25) is 4.18 Å². The second-order valence-corrected chi connectivity index (χ2v) is 8.34. The lowest BCUT2D eigenvalue weighted by atomic mass is 10.0. The molecule has 0 radical (unpaired) electrons. The lowest BCUT2D eigenvalue weighted by molar-refractivity contribution is 0.246. The predicted octanol–water partition coefficient (Wildman–Crippen LogP) is 3.65. The zero-order valence-corrected chi connectivity index (χ0v) is 15.1. The van der Waals surface area contributed by atoms with Crippen LogP contribution in [0, 0.1) is 5.92 Å². The monoisotopic (exact) mass is 385 g/mol. The Hall–Kier alpha value is -1.11. The summed E-state index contributed by atoms with van der Waals surface area (Å²) in [4.78, 5) is 0. The van der Waals surface area contributed by atoms with Crippen LogP contribution in [-0.4, -0.2) is 27.3 Å². The van der Waals surface area contributed by atoms with Gasteiger partial charge in [-0.25, -0.2) is 0 Å². The van der Waals surface area contributed by atoms with E-state index in [0.717, 1.165) is 11.1 Å². The lowest BCUT2D eigenvalue weighted by Crippen LogP contribution is -2.45. The van der Waals surface area contributed by atoms with Crippen molar-refractivity contribution in [3.63, 3.8) is 0 Å². The van der Waals surface area contributed by atoms with Crippen molar-refractivity contribution in [2.45, 2.75) is 6.10 Å². The summed E-state index contributed by atoms with van der Waals surface area (Å²) in [6.07, 6.45) is -0.724. The molecule has 128 valence electrons. The molecule has 0 bridgehead atoms. The summed E-state index contributed by atoms with van der Waals surface area (Å²) in [6, 6.07) is 13.9. The van der Waals surface area contributed by atoms with Crippen LogP contribution in [0.2, 0.25) is 10.0 Å². The largest absolute Gasteiger partial charge is 0.316 e. The molecule has 0 saturated carbocycles. The molecule has 0 spiro atoms. The van der Waals surface area contributed by atoms with Crippen molar-refractivity contribution in [3.05, 3.63) is 69.7 Å². The summed E-state index contributed by atoms with van der Waals surface area (Å²) < 4.78 is 30.4. The number of rotatable bonds is 6. The molecule has 2 aromatic rings. The van der Waals surface area contributed by atoms with Crippen LogP contribution in [0.5, 0.6) is 0 Å². The van der Waals surface area contributed by atoms with Crippen molar-refractivity contribution >= 4 is 33.3 Å². The first-order valence-corrected chi connectivity index (χ1v) is 9.89. The van der Waals surface area contributed by atoms with Crippen molar-refractivity contribution < 1.29 is 12.6 Å². The molecular formula is C17H17Cl2NO3S. The van der Waals surface area contributed by atoms with E-state index < -0.39 is 16.2 Å². The van der Waals surface area contributed by atoms with Crippen LogP contribution in [0.3, 0.4) is 0 Å². The summed E-state index contributed by atoms with van der Waals surface area (Å²) in [6.45, 7) is 1.41. The van der Waals surface area contributed by atoms with Gasteiger partial charge in [-0.1, -0.05) is 47.5 Å². The zero-order valence-electron chi connectivity index (χ0n) is 12.8. The minimum atomic E-state index is -3.66. The molecule has 1 aliphatic heterocycles. The summed E-state index contributed by atoms with van der Waals surface area (Å²) in [5, 5.41) is 4.22. The Morgan fingerprint density at radius 3 is 1.79 bits per heavy atom. The van der Waals surface area contributed by atoms with Crippen molar-refractivity contribution in [1.82, 2.24) is 5.32 Å². The van der Waals surface area contributed by atoms with Gasteiger partial charge in [0.1, 0.15) is 6.10 Å². The normalized spacial score (nSPS) is 15.5. The van der Waals surface area contributed by atoms with Crippen LogP contribution in [0.25, 0.3) is 0 Å². The van der Waals surface area contributed by atoms with Gasteiger partial charge < -0.3 is 5.32 Å². The second kappa shape index (κ2) is 7.42. The molecule has 0 unspecified atom stereocenters. The van der Waals surface area contributed by atoms with E-state index in [1.807, 2.05) is 0 Å². The number of benzene rings is 2. The Labute approximate surface area is 151 Å². The highest BCUT2D eigenvalue weighted by molar-refractivity contribution is 7.86. The first-order chi connectivity index (χ1) is 11.4. The van der Waals surface area contributed by atoms with Gasteiger partial charge in [0, 0.05) is 29.1 Å². The molecule has 4 nitrogen and oxygen atoms in total. The molecule has 0 amide bonds. The molecule has 1 heterocycles. The molecule has 1 fully saturated rings. The number of nitrogens with one attached hydrogen (secondary N) is 1. The molecule has 1 aliphatic rings. The summed E-state index contributed by atoms with van der Waals surface area (Å²) in [5.74, 6) is 0.114. The van der Waals surface area contributed by atoms with Gasteiger partial charge in [0.2, 0.25) is 0 Å². The van der Waals surface area contributed by atoms with E-state index in [0.29, 0.717) is 23.1 Å². The standard InChI is InChI=1S/C17H17Cl2NO3S/c18-15-5-1-13(2-6-15)17(14-3-7-16(19)8-4-14)23-24(21,22)11-12-9-20-10-12/h1-8,12,17,20H,9-11H2. The van der Waals surface area contributed by atoms with Crippen LogP contribution in [0.1, 0.15) is 17.2 Å². The highest BCUT2D eigenvalue weighted by Crippen LogP contribution is 2.30. The first-order valence-electron chi connectivity index (χ1n) is 7.55. The fourth-order valence-corrected chi connectivity index (χ4v) is 4.18. The van der Waals surface area contributed by atoms with Crippen LogP contribution in [0.4, 0.5) is 0 Å². The molecule has 0 atom stereocenters. The maximum atomic E-state index is 12.4. The highest BCUT2D eigenvalue weighted by atomic mass is 35.5. The quantitative estimate of drug-likeness (QED) is 0.771. The summed E-state index contributed by atoms with van der Waals surface area (Å²) >= 11 is 11.9. The van der Waals surface area contributed by atoms with E-state index in [4.69, 9.17) is 27.4 Å². The number of hydrogen-bond acceptors (Lipinski definition) is 4. The van der Waals surface area contributed by atoms with Crippen molar-refractivity contribution in [3.8, 4) is 0 Å². The molecule has 0 aromatic heterocycles. The van der Waals surface area contributed by atoms with Crippen LogP contribution in [0.15, 0.2) is 48.5 Å². The van der Waals surface area contributed by atoms with Crippen LogP contribution in [-0.2, 0) is 14.3 Å². The third kappa shape index (κ3) is 4.49. The van der Waals surface area contributed by atoms with Gasteiger partial charge in [0.05, 0.1) is 5.75 Å². The first kappa shape index (κ1) is 17.7. The molecule has 0 aliphatic carbocycles. The van der Waals surface area contributed by atoms with Crippen molar-refractivity contribution in [1.29, 1.82) is 0 Å². The maximum Gasteiger partial charge on any atom is 0.268 e. The average Bonchev–Trinajstić information content (AvgIpc) is 2.51. The number of halogens is 2. The second-order valence-electron chi connectivity index (χ2n) is 5.83. The molecular weight excluding hydrogens is 369 g/mol. The minimum absolute atomic E-state index is 0.0116. The number of hydrogen-bond donors (Lipinski definition) is 1. The van der Waals surface area contributed by atoms with E-state index >= 15 is 0 Å². The van der Waals surface area contributed by atoms with E-state index in [9.17, 15) is 8.42 Å². The van der Waals surface area contributed by atoms with E-state index in [1.54, 1.807) is 48.5 Å². The maximum absolute atomic E-state index is 12.4. The molecule has 1 N–H and O–H groups in total. The van der Waals surface area contributed by atoms with Crippen LogP contribution < -0.4 is 5.32 Å². The Morgan fingerprint density at radius 1 is 0.958 bits per heavy atom. The fourth-order valence-electron chi connectivity index (χ4n) is 2.52. The summed E-state index contributed by atoms with van der Waals surface area (Å²) in [7, 11) is -3.66. The van der Waals surface area contributed by atoms with E-state index in [1.165, 1.54) is 0 Å². The Bertz CT molecular complexity index is 742. The van der Waals surface area contributed by atoms with Gasteiger partial charge in [0.15, 0.2) is 0 Å². The third-order valence-corrected chi connectivity index (χ3v) is 5.76. The lowest BCUT2D eigenvalue weighted by Gasteiger charge is -2.27. The van der Waals surface area contributed by atoms with E-state index in [-0.39, 0.29) is 11.7 Å². The fraction of sp³-hybridized carbons (Fsp3) is 0.294. The van der Waals surface area contributed by atoms with Crippen molar-refractivity contribution in [2.75, 3.05) is 18.8 Å². The zero-order chi connectivity index (χ0) is 17.2. The highest BCUT2D eigenvalue weighted by Gasteiger charge is 2.28. The topological polar surface area (TPSA) is 55.4 Å².